The van der Waals surface area contributed by atoms with E-state index in [0.29, 0.717) is 0 Å². The lowest BCUT2D eigenvalue weighted by atomic mass is 9.98. The molecule has 1 unspecified atom stereocenters. The summed E-state index contributed by atoms with van der Waals surface area (Å²) in [7, 11) is 0. The fourth-order valence-electron chi connectivity index (χ4n) is 2.25. The summed E-state index contributed by atoms with van der Waals surface area (Å²) in [6, 6.07) is 6.47. The number of rotatable bonds is 7. The molecule has 0 aliphatic carbocycles. The molecule has 0 aromatic heterocycles. The number of carbonyl (C=O) groups is 1. The number of ether oxygens (including phenoxy) is 2. The van der Waals surface area contributed by atoms with Gasteiger partial charge in [0.1, 0.15) is 17.6 Å². The molecule has 0 aliphatic heterocycles. The number of carbonyl (C=O) groups excluding carboxylic acids is 1. The highest BCUT2D eigenvalue weighted by molar-refractivity contribution is 9.11. The summed E-state index contributed by atoms with van der Waals surface area (Å²) in [5.74, 6) is -0.677. The Balaban J connectivity index is 2.54. The van der Waals surface area contributed by atoms with Crippen LogP contribution in [-0.2, 0) is 0 Å². The molecule has 4 nitrogen and oxygen atoms in total. The van der Waals surface area contributed by atoms with Gasteiger partial charge in [0.2, 0.25) is 0 Å². The third-order valence-electron chi connectivity index (χ3n) is 3.30. The molecule has 10 heteroatoms. The van der Waals surface area contributed by atoms with Gasteiger partial charge in [0.25, 0.3) is 0 Å². The van der Waals surface area contributed by atoms with Gasteiger partial charge in [0, 0.05) is 20.1 Å². The number of benzene rings is 2. The van der Waals surface area contributed by atoms with E-state index in [4.69, 9.17) is 0 Å². The Morgan fingerprint density at radius 1 is 0.962 bits per heavy atom. The summed E-state index contributed by atoms with van der Waals surface area (Å²) in [6.07, 6.45) is -1.23. The molecule has 0 bridgehead atoms. The lowest BCUT2D eigenvalue weighted by Gasteiger charge is -2.20. The van der Waals surface area contributed by atoms with Gasteiger partial charge in [0.15, 0.2) is 6.29 Å². The Kier molecular flexibility index (Phi) is 7.01. The van der Waals surface area contributed by atoms with Crippen LogP contribution in [0.2, 0.25) is 0 Å². The standard InChI is InChI=1S/C16H10Br2F4O4/c17-9-2-1-3-11(26-16(21)22)12(9)14(24)7-4-5-10(25-15(19)20)8(6-23)13(7)18/h1-6,14-16,24H. The molecule has 1 atom stereocenters. The highest BCUT2D eigenvalue weighted by Crippen LogP contribution is 2.41. The van der Waals surface area contributed by atoms with Crippen LogP contribution in [0.3, 0.4) is 0 Å². The number of aldehydes is 1. The first-order valence-corrected chi connectivity index (χ1v) is 8.48. The normalized spacial score (nSPS) is 12.3. The highest BCUT2D eigenvalue weighted by Gasteiger charge is 2.25. The Morgan fingerprint density at radius 3 is 2.15 bits per heavy atom. The van der Waals surface area contributed by atoms with E-state index in [1.54, 1.807) is 0 Å². The van der Waals surface area contributed by atoms with Crippen LogP contribution < -0.4 is 9.47 Å². The average Bonchev–Trinajstić information content (AvgIpc) is 2.54. The van der Waals surface area contributed by atoms with E-state index >= 15 is 0 Å². The minimum atomic E-state index is -3.15. The summed E-state index contributed by atoms with van der Waals surface area (Å²) in [5, 5.41) is 10.7. The second-order valence-electron chi connectivity index (χ2n) is 4.81. The second-order valence-corrected chi connectivity index (χ2v) is 6.46. The molecule has 0 saturated carbocycles. The van der Waals surface area contributed by atoms with Crippen molar-refractivity contribution in [3.63, 3.8) is 0 Å². The van der Waals surface area contributed by atoms with Crippen LogP contribution in [0.25, 0.3) is 0 Å². The van der Waals surface area contributed by atoms with Crippen molar-refractivity contribution >= 4 is 38.1 Å². The van der Waals surface area contributed by atoms with Crippen LogP contribution in [0.4, 0.5) is 17.6 Å². The minimum absolute atomic E-state index is 0.0168. The molecule has 140 valence electrons. The highest BCUT2D eigenvalue weighted by atomic mass is 79.9. The Bertz CT molecular complexity index is 802. The van der Waals surface area contributed by atoms with Gasteiger partial charge in [-0.05, 0) is 34.1 Å². The average molecular weight is 502 g/mol. The molecule has 2 aromatic carbocycles. The van der Waals surface area contributed by atoms with Crippen molar-refractivity contribution in [2.75, 3.05) is 0 Å². The largest absolute Gasteiger partial charge is 0.434 e. The number of aliphatic hydroxyl groups is 1. The predicted molar refractivity (Wildman–Crippen MR) is 91.0 cm³/mol. The maximum absolute atomic E-state index is 12.6. The van der Waals surface area contributed by atoms with Crippen LogP contribution in [0.15, 0.2) is 39.3 Å². The second kappa shape index (κ2) is 8.83. The van der Waals surface area contributed by atoms with Crippen LogP contribution in [0, 0.1) is 0 Å². The van der Waals surface area contributed by atoms with Gasteiger partial charge in [-0.2, -0.15) is 17.6 Å². The third-order valence-corrected chi connectivity index (χ3v) is 4.88. The van der Waals surface area contributed by atoms with Gasteiger partial charge >= 0.3 is 13.2 Å². The monoisotopic (exact) mass is 500 g/mol. The van der Waals surface area contributed by atoms with Crippen LogP contribution in [0.1, 0.15) is 27.6 Å². The predicted octanol–water partition coefficient (Wildman–Crippen LogP) is 5.31. The number of hydrogen-bond acceptors (Lipinski definition) is 4. The van der Waals surface area contributed by atoms with E-state index in [1.165, 1.54) is 24.3 Å². The van der Waals surface area contributed by atoms with Crippen LogP contribution in [-0.4, -0.2) is 24.6 Å². The zero-order chi connectivity index (χ0) is 19.4. The Hall–Kier alpha value is -1.65. The van der Waals surface area contributed by atoms with Crippen LogP contribution in [0.5, 0.6) is 11.5 Å². The molecular weight excluding hydrogens is 492 g/mol. The van der Waals surface area contributed by atoms with Gasteiger partial charge < -0.3 is 14.6 Å². The van der Waals surface area contributed by atoms with Gasteiger partial charge in [-0.15, -0.1) is 0 Å². The SMILES string of the molecule is O=Cc1c(OC(F)F)ccc(C(O)c2c(Br)cccc2OC(F)F)c1Br. The number of alkyl halides is 4. The number of hydrogen-bond donors (Lipinski definition) is 1. The summed E-state index contributed by atoms with van der Waals surface area (Å²) < 4.78 is 59.0. The van der Waals surface area contributed by atoms with E-state index in [2.05, 4.69) is 41.3 Å². The van der Waals surface area contributed by atoms with Crippen molar-refractivity contribution in [1.82, 2.24) is 0 Å². The molecule has 0 spiro atoms. The topological polar surface area (TPSA) is 55.8 Å². The first kappa shape index (κ1) is 20.7. The fourth-order valence-corrected chi connectivity index (χ4v) is 3.45. The molecule has 0 heterocycles. The zero-order valence-corrected chi connectivity index (χ0v) is 15.8. The van der Waals surface area contributed by atoms with Gasteiger partial charge in [-0.3, -0.25) is 4.79 Å². The summed E-state index contributed by atoms with van der Waals surface area (Å²) in [6.45, 7) is -6.27. The van der Waals surface area contributed by atoms with Crippen molar-refractivity contribution in [2.24, 2.45) is 0 Å². The fraction of sp³-hybridized carbons (Fsp3) is 0.188. The van der Waals surface area contributed by atoms with E-state index in [1.807, 2.05) is 0 Å². The van der Waals surface area contributed by atoms with Crippen molar-refractivity contribution in [3.05, 3.63) is 56.0 Å². The van der Waals surface area contributed by atoms with E-state index < -0.39 is 25.1 Å². The molecule has 2 aromatic rings. The van der Waals surface area contributed by atoms with E-state index in [-0.39, 0.29) is 37.7 Å². The lowest BCUT2D eigenvalue weighted by Crippen LogP contribution is -2.10. The molecule has 1 N–H and O–H groups in total. The summed E-state index contributed by atoms with van der Waals surface area (Å²) in [4.78, 5) is 11.3. The zero-order valence-electron chi connectivity index (χ0n) is 12.6. The number of halogens is 6. The third kappa shape index (κ3) is 4.54. The molecule has 0 fully saturated rings. The maximum atomic E-state index is 12.6. The molecule has 2 rings (SSSR count). The molecule has 0 aliphatic rings. The molecular formula is C16H10Br2F4O4. The minimum Gasteiger partial charge on any atom is -0.434 e. The number of aliphatic hydroxyl groups excluding tert-OH is 1. The van der Waals surface area contributed by atoms with Gasteiger partial charge in [-0.25, -0.2) is 0 Å². The van der Waals surface area contributed by atoms with Crippen molar-refractivity contribution in [2.45, 2.75) is 19.3 Å². The smallest absolute Gasteiger partial charge is 0.387 e. The lowest BCUT2D eigenvalue weighted by molar-refractivity contribution is -0.0515. The van der Waals surface area contributed by atoms with Crippen LogP contribution >= 0.6 is 31.9 Å². The molecule has 0 radical (unpaired) electrons. The van der Waals surface area contributed by atoms with Gasteiger partial charge in [-0.1, -0.05) is 28.1 Å². The van der Waals surface area contributed by atoms with Gasteiger partial charge in [0.05, 0.1) is 5.56 Å². The first-order valence-electron chi connectivity index (χ1n) is 6.90. The maximum Gasteiger partial charge on any atom is 0.387 e. The quantitative estimate of drug-likeness (QED) is 0.412. The Labute approximate surface area is 162 Å². The van der Waals surface area contributed by atoms with E-state index in [9.17, 15) is 27.5 Å². The van der Waals surface area contributed by atoms with E-state index in [0.717, 1.165) is 6.07 Å². The summed E-state index contributed by atoms with van der Waals surface area (Å²) >= 11 is 6.21. The molecule has 0 amide bonds. The first-order chi connectivity index (χ1) is 12.3. The molecule has 0 saturated heterocycles. The Morgan fingerprint density at radius 2 is 1.58 bits per heavy atom. The summed E-state index contributed by atoms with van der Waals surface area (Å²) in [5.41, 5.74) is -0.210. The van der Waals surface area contributed by atoms with Crippen molar-refractivity contribution < 1.29 is 36.9 Å². The molecule has 26 heavy (non-hydrogen) atoms. The van der Waals surface area contributed by atoms with Crippen molar-refractivity contribution in [1.29, 1.82) is 0 Å². The van der Waals surface area contributed by atoms with Crippen molar-refractivity contribution in [3.8, 4) is 11.5 Å².